The van der Waals surface area contributed by atoms with Crippen molar-refractivity contribution in [1.82, 2.24) is 10.2 Å². The summed E-state index contributed by atoms with van der Waals surface area (Å²) in [6.07, 6.45) is 7.46. The van der Waals surface area contributed by atoms with E-state index in [1.807, 2.05) is 42.5 Å². The number of amides is 2. The van der Waals surface area contributed by atoms with Crippen LogP contribution in [-0.2, 0) is 17.6 Å². The summed E-state index contributed by atoms with van der Waals surface area (Å²) in [6.45, 7) is 8.99. The van der Waals surface area contributed by atoms with E-state index in [2.05, 4.69) is 57.7 Å². The van der Waals surface area contributed by atoms with Crippen molar-refractivity contribution in [3.63, 3.8) is 0 Å². The van der Waals surface area contributed by atoms with Crippen molar-refractivity contribution in [2.45, 2.75) is 51.9 Å². The van der Waals surface area contributed by atoms with E-state index >= 15 is 0 Å². The molecule has 2 N–H and O–H groups in total. The van der Waals surface area contributed by atoms with E-state index in [9.17, 15) is 9.59 Å². The zero-order chi connectivity index (χ0) is 30.6. The summed E-state index contributed by atoms with van der Waals surface area (Å²) >= 11 is 0. The van der Waals surface area contributed by atoms with E-state index < -0.39 is 0 Å². The second-order valence-electron chi connectivity index (χ2n) is 12.2. The Kier molecular flexibility index (Phi) is 11.8. The number of piperidine rings is 1. The Labute approximate surface area is 263 Å². The highest BCUT2D eigenvalue weighted by Gasteiger charge is 2.24. The Morgan fingerprint density at radius 1 is 0.841 bits per heavy atom. The van der Waals surface area contributed by atoms with Crippen LogP contribution >= 0.6 is 0 Å². The Morgan fingerprint density at radius 3 is 2.32 bits per heavy atom. The fourth-order valence-electron chi connectivity index (χ4n) is 6.23. The second-order valence-corrected chi connectivity index (χ2v) is 12.2. The lowest BCUT2D eigenvalue weighted by Gasteiger charge is -2.35. The normalized spacial score (nSPS) is 16.1. The molecule has 234 valence electrons. The number of anilines is 2. The molecule has 2 aliphatic rings. The minimum absolute atomic E-state index is 0.0928. The van der Waals surface area contributed by atoms with Gasteiger partial charge in [0.15, 0.2) is 0 Å². The van der Waals surface area contributed by atoms with Gasteiger partial charge in [-0.2, -0.15) is 0 Å². The number of unbranched alkanes of at least 4 members (excludes halogenated alkanes) is 1. The lowest BCUT2D eigenvalue weighted by Crippen LogP contribution is -2.38. The third-order valence-electron chi connectivity index (χ3n) is 8.90. The zero-order valence-electron chi connectivity index (χ0n) is 26.2. The first-order valence-corrected chi connectivity index (χ1v) is 16.5. The van der Waals surface area contributed by atoms with Crippen LogP contribution in [0.3, 0.4) is 0 Å². The molecule has 0 saturated carbocycles. The number of rotatable bonds is 13. The predicted molar refractivity (Wildman–Crippen MR) is 179 cm³/mol. The molecule has 2 heterocycles. The second kappa shape index (κ2) is 16.4. The van der Waals surface area contributed by atoms with Gasteiger partial charge in [-0.05, 0) is 92.4 Å². The van der Waals surface area contributed by atoms with E-state index in [0.717, 1.165) is 96.6 Å². The van der Waals surface area contributed by atoms with Crippen LogP contribution in [-0.4, -0.2) is 69.2 Å². The molecule has 3 aromatic carbocycles. The molecule has 2 amide bonds. The molecule has 0 unspecified atom stereocenters. The number of benzene rings is 3. The molecule has 2 aliphatic heterocycles. The molecule has 7 heteroatoms. The van der Waals surface area contributed by atoms with Gasteiger partial charge in [0.1, 0.15) is 0 Å². The molecule has 7 nitrogen and oxygen atoms in total. The van der Waals surface area contributed by atoms with Crippen molar-refractivity contribution in [2.75, 3.05) is 62.7 Å². The first kappa shape index (κ1) is 31.7. The Hall–Kier alpha value is -3.68. The summed E-state index contributed by atoms with van der Waals surface area (Å²) in [6, 6.07) is 24.3. The molecule has 3 aromatic rings. The van der Waals surface area contributed by atoms with Crippen LogP contribution in [0, 0.1) is 5.92 Å². The van der Waals surface area contributed by atoms with E-state index in [-0.39, 0.29) is 11.8 Å². The maximum atomic E-state index is 13.6. The largest absolute Gasteiger partial charge is 0.379 e. The maximum Gasteiger partial charge on any atom is 0.255 e. The molecule has 0 aliphatic carbocycles. The number of hydrogen-bond donors (Lipinski definition) is 2. The van der Waals surface area contributed by atoms with Gasteiger partial charge in [-0.25, -0.2) is 0 Å². The molecule has 2 fully saturated rings. The van der Waals surface area contributed by atoms with Gasteiger partial charge < -0.3 is 20.3 Å². The van der Waals surface area contributed by atoms with Gasteiger partial charge in [-0.3, -0.25) is 14.5 Å². The minimum Gasteiger partial charge on any atom is -0.379 e. The zero-order valence-corrected chi connectivity index (χ0v) is 26.2. The highest BCUT2D eigenvalue weighted by Crippen LogP contribution is 2.30. The third-order valence-corrected chi connectivity index (χ3v) is 8.90. The molecule has 0 radical (unpaired) electrons. The van der Waals surface area contributed by atoms with Gasteiger partial charge >= 0.3 is 0 Å². The number of ether oxygens (including phenoxy) is 1. The van der Waals surface area contributed by atoms with Crippen LogP contribution in [0.5, 0.6) is 0 Å². The van der Waals surface area contributed by atoms with E-state index in [0.29, 0.717) is 29.3 Å². The van der Waals surface area contributed by atoms with Crippen LogP contribution in [0.1, 0.15) is 70.9 Å². The topological polar surface area (TPSA) is 73.9 Å². The van der Waals surface area contributed by atoms with Crippen LogP contribution < -0.4 is 15.5 Å². The Balaban J connectivity index is 1.25. The van der Waals surface area contributed by atoms with Crippen molar-refractivity contribution in [1.29, 1.82) is 0 Å². The van der Waals surface area contributed by atoms with E-state index in [1.54, 1.807) is 0 Å². The molecule has 2 saturated heterocycles. The summed E-state index contributed by atoms with van der Waals surface area (Å²) in [5.41, 5.74) is 5.43. The molecular weight excluding hydrogens is 548 g/mol. The Morgan fingerprint density at radius 2 is 1.59 bits per heavy atom. The molecule has 0 bridgehead atoms. The number of carbonyl (C=O) groups is 2. The maximum absolute atomic E-state index is 13.6. The van der Waals surface area contributed by atoms with Gasteiger partial charge in [0.2, 0.25) is 0 Å². The molecule has 0 atom stereocenters. The third kappa shape index (κ3) is 9.16. The first-order valence-electron chi connectivity index (χ1n) is 16.5. The van der Waals surface area contributed by atoms with Crippen LogP contribution in [0.25, 0.3) is 0 Å². The molecular formula is C37H48N4O3. The smallest absolute Gasteiger partial charge is 0.255 e. The first-order chi connectivity index (χ1) is 21.6. The van der Waals surface area contributed by atoms with Crippen molar-refractivity contribution in [3.05, 3.63) is 95.1 Å². The van der Waals surface area contributed by atoms with E-state index in [1.165, 1.54) is 11.1 Å². The van der Waals surface area contributed by atoms with Gasteiger partial charge in [0.05, 0.1) is 18.8 Å². The SMILES string of the molecule is CCCCc1ccc(C(=O)Nc2ccc(N3CCC(Cc4ccccc4)CC3)c(C(=O)NCCCN3CCOCC3)c2)cc1. The van der Waals surface area contributed by atoms with Crippen LogP contribution in [0.15, 0.2) is 72.8 Å². The van der Waals surface area contributed by atoms with Crippen molar-refractivity contribution in [2.24, 2.45) is 5.92 Å². The minimum atomic E-state index is -0.168. The summed E-state index contributed by atoms with van der Waals surface area (Å²) in [7, 11) is 0. The molecule has 5 rings (SSSR count). The number of hydrogen-bond acceptors (Lipinski definition) is 5. The highest BCUT2D eigenvalue weighted by atomic mass is 16.5. The van der Waals surface area contributed by atoms with Crippen molar-refractivity contribution < 1.29 is 14.3 Å². The fraction of sp³-hybridized carbons (Fsp3) is 0.459. The molecule has 0 spiro atoms. The predicted octanol–water partition coefficient (Wildman–Crippen LogP) is 6.19. The number of aryl methyl sites for hydroxylation is 1. The standard InChI is InChI=1S/C37H48N4O3/c1-2-3-8-29-11-13-32(14-12-29)36(42)39-33-15-16-35(41-21-17-31(18-22-41)27-30-9-5-4-6-10-30)34(28-33)37(43)38-19-7-20-40-23-25-44-26-24-40/h4-6,9-16,28,31H,2-3,7-8,17-27H2,1H3,(H,38,43)(H,39,42). The lowest BCUT2D eigenvalue weighted by molar-refractivity contribution is 0.0374. The monoisotopic (exact) mass is 596 g/mol. The number of nitrogens with one attached hydrogen (secondary N) is 2. The van der Waals surface area contributed by atoms with Gasteiger partial charge in [0.25, 0.3) is 11.8 Å². The summed E-state index contributed by atoms with van der Waals surface area (Å²) in [4.78, 5) is 31.5. The molecule has 44 heavy (non-hydrogen) atoms. The van der Waals surface area contributed by atoms with Crippen molar-refractivity contribution >= 4 is 23.2 Å². The average molecular weight is 597 g/mol. The number of carbonyl (C=O) groups excluding carboxylic acids is 2. The van der Waals surface area contributed by atoms with Gasteiger partial charge in [0, 0.05) is 49.7 Å². The summed E-state index contributed by atoms with van der Waals surface area (Å²) in [5, 5.41) is 6.19. The highest BCUT2D eigenvalue weighted by molar-refractivity contribution is 6.06. The lowest BCUT2D eigenvalue weighted by atomic mass is 9.89. The Bertz CT molecular complexity index is 1330. The molecule has 0 aromatic heterocycles. The quantitative estimate of drug-likeness (QED) is 0.230. The summed E-state index contributed by atoms with van der Waals surface area (Å²) < 4.78 is 5.45. The summed E-state index contributed by atoms with van der Waals surface area (Å²) in [5.74, 6) is 0.376. The van der Waals surface area contributed by atoms with Crippen molar-refractivity contribution in [3.8, 4) is 0 Å². The fourth-order valence-corrected chi connectivity index (χ4v) is 6.23. The number of morpholine rings is 1. The van der Waals surface area contributed by atoms with Gasteiger partial charge in [-0.1, -0.05) is 55.8 Å². The van der Waals surface area contributed by atoms with E-state index in [4.69, 9.17) is 4.74 Å². The number of nitrogens with zero attached hydrogens (tertiary/aromatic N) is 2. The van der Waals surface area contributed by atoms with Crippen LogP contribution in [0.4, 0.5) is 11.4 Å². The average Bonchev–Trinajstić information content (AvgIpc) is 3.07. The van der Waals surface area contributed by atoms with Crippen LogP contribution in [0.2, 0.25) is 0 Å². The van der Waals surface area contributed by atoms with Gasteiger partial charge in [-0.15, -0.1) is 0 Å².